The van der Waals surface area contributed by atoms with Crippen LogP contribution < -0.4 is 15.4 Å². The Bertz CT molecular complexity index is 775. The molecule has 1 aromatic carbocycles. The molecule has 1 unspecified atom stereocenters. The topological polar surface area (TPSA) is 84.3 Å². The van der Waals surface area contributed by atoms with Crippen LogP contribution in [0.1, 0.15) is 24.0 Å². The summed E-state index contributed by atoms with van der Waals surface area (Å²) in [4.78, 5) is 18.7. The van der Waals surface area contributed by atoms with Gasteiger partial charge in [-0.25, -0.2) is 9.67 Å². The fraction of sp³-hybridized carbons (Fsp3) is 0.526. The van der Waals surface area contributed by atoms with Crippen molar-refractivity contribution in [3.63, 3.8) is 0 Å². The van der Waals surface area contributed by atoms with Gasteiger partial charge in [0.15, 0.2) is 0 Å². The first-order valence-corrected chi connectivity index (χ1v) is 9.45. The maximum Gasteiger partial charge on any atom is 0.238 e. The van der Waals surface area contributed by atoms with Crippen molar-refractivity contribution >= 4 is 5.91 Å². The Morgan fingerprint density at radius 3 is 3.00 bits per heavy atom. The second-order valence-corrected chi connectivity index (χ2v) is 7.26. The molecule has 2 N–H and O–H groups in total. The molecule has 2 aromatic rings. The van der Waals surface area contributed by atoms with E-state index in [9.17, 15) is 4.79 Å². The number of ether oxygens (including phenoxy) is 1. The minimum absolute atomic E-state index is 0.129. The van der Waals surface area contributed by atoms with E-state index in [1.54, 1.807) is 18.1 Å². The summed E-state index contributed by atoms with van der Waals surface area (Å²) in [5.74, 6) is 0.972. The molecule has 144 valence electrons. The quantitative estimate of drug-likeness (QED) is 0.733. The lowest BCUT2D eigenvalue weighted by Crippen LogP contribution is -2.57. The van der Waals surface area contributed by atoms with Crippen LogP contribution in [0, 0.1) is 0 Å². The third kappa shape index (κ3) is 4.64. The van der Waals surface area contributed by atoms with Crippen molar-refractivity contribution in [1.29, 1.82) is 0 Å². The molecule has 1 amide bonds. The zero-order chi connectivity index (χ0) is 18.6. The molecule has 1 atom stereocenters. The molecule has 2 heterocycles. The molecule has 2 fully saturated rings. The van der Waals surface area contributed by atoms with E-state index in [1.807, 2.05) is 6.07 Å². The van der Waals surface area contributed by atoms with E-state index < -0.39 is 0 Å². The van der Waals surface area contributed by atoms with Crippen LogP contribution in [0.25, 0.3) is 0 Å². The first kappa shape index (κ1) is 17.9. The Kier molecular flexibility index (Phi) is 5.35. The number of methoxy groups -OCH3 is 1. The number of amides is 1. The normalized spacial score (nSPS) is 20.4. The van der Waals surface area contributed by atoms with Gasteiger partial charge in [0.1, 0.15) is 18.4 Å². The van der Waals surface area contributed by atoms with Crippen LogP contribution in [0.2, 0.25) is 0 Å². The minimum atomic E-state index is -0.132. The SMILES string of the molecule is COc1ccc(CN2CCNC(C(=O)NC3CC3)C2)cc1Cn1cncn1. The van der Waals surface area contributed by atoms with Gasteiger partial charge in [-0.05, 0) is 30.5 Å². The standard InChI is InChI=1S/C19H26N6O2/c1-27-18-5-2-14(8-15(18)10-25-13-20-12-22-25)9-24-7-6-21-17(11-24)19(26)23-16-3-4-16/h2,5,8,12-13,16-17,21H,3-4,6-7,9-11H2,1H3,(H,23,26). The average molecular weight is 370 g/mol. The Hall–Kier alpha value is -2.45. The van der Waals surface area contributed by atoms with Crippen molar-refractivity contribution in [2.45, 2.75) is 38.0 Å². The maximum absolute atomic E-state index is 12.3. The van der Waals surface area contributed by atoms with Crippen LogP contribution in [-0.4, -0.2) is 64.4 Å². The second kappa shape index (κ2) is 8.06. The molecule has 1 saturated carbocycles. The van der Waals surface area contributed by atoms with Crippen molar-refractivity contribution in [3.05, 3.63) is 42.0 Å². The Morgan fingerprint density at radius 1 is 1.37 bits per heavy atom. The summed E-state index contributed by atoms with van der Waals surface area (Å²) in [5.41, 5.74) is 2.27. The molecule has 0 bridgehead atoms. The number of piperazine rings is 1. The van der Waals surface area contributed by atoms with Gasteiger partial charge in [0.05, 0.1) is 19.7 Å². The summed E-state index contributed by atoms with van der Waals surface area (Å²) < 4.78 is 7.27. The lowest BCUT2D eigenvalue weighted by Gasteiger charge is -2.33. The van der Waals surface area contributed by atoms with Gasteiger partial charge in [0.2, 0.25) is 5.91 Å². The highest BCUT2D eigenvalue weighted by atomic mass is 16.5. The third-order valence-electron chi connectivity index (χ3n) is 5.05. The average Bonchev–Trinajstić information content (AvgIpc) is 3.34. The van der Waals surface area contributed by atoms with Crippen molar-refractivity contribution < 1.29 is 9.53 Å². The third-order valence-corrected chi connectivity index (χ3v) is 5.05. The monoisotopic (exact) mass is 370 g/mol. The number of aromatic nitrogens is 3. The van der Waals surface area contributed by atoms with Crippen LogP contribution in [0.5, 0.6) is 5.75 Å². The maximum atomic E-state index is 12.3. The van der Waals surface area contributed by atoms with Gasteiger partial charge in [0.25, 0.3) is 0 Å². The second-order valence-electron chi connectivity index (χ2n) is 7.26. The summed E-state index contributed by atoms with van der Waals surface area (Å²) in [6.45, 7) is 3.90. The Labute approximate surface area is 158 Å². The zero-order valence-corrected chi connectivity index (χ0v) is 15.6. The minimum Gasteiger partial charge on any atom is -0.496 e. The van der Waals surface area contributed by atoms with E-state index in [2.05, 4.69) is 37.7 Å². The summed E-state index contributed by atoms with van der Waals surface area (Å²) in [6, 6.07) is 6.51. The summed E-state index contributed by atoms with van der Waals surface area (Å²) in [5, 5.41) is 10.6. The largest absolute Gasteiger partial charge is 0.496 e. The molecule has 1 aliphatic heterocycles. The van der Waals surface area contributed by atoms with Crippen LogP contribution in [-0.2, 0) is 17.9 Å². The van der Waals surface area contributed by atoms with E-state index in [0.717, 1.165) is 50.3 Å². The predicted molar refractivity (Wildman–Crippen MR) is 100 cm³/mol. The highest BCUT2D eigenvalue weighted by Gasteiger charge is 2.30. The molecule has 0 spiro atoms. The molecule has 8 nitrogen and oxygen atoms in total. The van der Waals surface area contributed by atoms with E-state index in [4.69, 9.17) is 4.74 Å². The Balaban J connectivity index is 1.41. The Morgan fingerprint density at radius 2 is 2.26 bits per heavy atom. The summed E-state index contributed by atoms with van der Waals surface area (Å²) in [6.07, 6.45) is 5.46. The van der Waals surface area contributed by atoms with E-state index in [0.29, 0.717) is 12.6 Å². The van der Waals surface area contributed by atoms with Gasteiger partial charge in [-0.1, -0.05) is 6.07 Å². The number of benzene rings is 1. The smallest absolute Gasteiger partial charge is 0.238 e. The number of nitrogens with one attached hydrogen (secondary N) is 2. The van der Waals surface area contributed by atoms with Crippen molar-refractivity contribution in [2.24, 2.45) is 0 Å². The number of hydrogen-bond donors (Lipinski definition) is 2. The van der Waals surface area contributed by atoms with Gasteiger partial charge in [-0.3, -0.25) is 9.69 Å². The van der Waals surface area contributed by atoms with Crippen LogP contribution in [0.15, 0.2) is 30.9 Å². The van der Waals surface area contributed by atoms with Crippen LogP contribution in [0.4, 0.5) is 0 Å². The predicted octanol–water partition coefficient (Wildman–Crippen LogP) is 0.387. The number of rotatable bonds is 7. The molecule has 0 radical (unpaired) electrons. The van der Waals surface area contributed by atoms with Gasteiger partial charge in [0, 0.05) is 37.8 Å². The van der Waals surface area contributed by atoms with Crippen molar-refractivity contribution in [1.82, 2.24) is 30.3 Å². The van der Waals surface area contributed by atoms with Crippen molar-refractivity contribution in [2.75, 3.05) is 26.7 Å². The lowest BCUT2D eigenvalue weighted by molar-refractivity contribution is -0.124. The molecule has 2 aliphatic rings. The molecule has 4 rings (SSSR count). The van der Waals surface area contributed by atoms with Crippen molar-refractivity contribution in [3.8, 4) is 5.75 Å². The first-order chi connectivity index (χ1) is 13.2. The first-order valence-electron chi connectivity index (χ1n) is 9.45. The summed E-state index contributed by atoms with van der Waals surface area (Å²) in [7, 11) is 1.68. The number of carbonyl (C=O) groups excluding carboxylic acids is 1. The fourth-order valence-corrected chi connectivity index (χ4v) is 3.46. The molecule has 8 heteroatoms. The summed E-state index contributed by atoms with van der Waals surface area (Å²) >= 11 is 0. The van der Waals surface area contributed by atoms with Gasteiger partial charge < -0.3 is 15.4 Å². The molecular formula is C19H26N6O2. The highest BCUT2D eigenvalue weighted by Crippen LogP contribution is 2.22. The highest BCUT2D eigenvalue weighted by molar-refractivity contribution is 5.82. The molecule has 1 aromatic heterocycles. The van der Waals surface area contributed by atoms with Crippen LogP contribution >= 0.6 is 0 Å². The molecular weight excluding hydrogens is 344 g/mol. The molecule has 1 saturated heterocycles. The van der Waals surface area contributed by atoms with Gasteiger partial charge in [-0.15, -0.1) is 0 Å². The number of hydrogen-bond acceptors (Lipinski definition) is 6. The van der Waals surface area contributed by atoms with E-state index in [1.165, 1.54) is 11.9 Å². The van der Waals surface area contributed by atoms with Gasteiger partial charge in [-0.2, -0.15) is 5.10 Å². The molecule has 27 heavy (non-hydrogen) atoms. The zero-order valence-electron chi connectivity index (χ0n) is 15.6. The number of carbonyl (C=O) groups is 1. The molecule has 1 aliphatic carbocycles. The number of nitrogens with zero attached hydrogens (tertiary/aromatic N) is 4. The van der Waals surface area contributed by atoms with Gasteiger partial charge >= 0.3 is 0 Å². The van der Waals surface area contributed by atoms with E-state index >= 15 is 0 Å². The fourth-order valence-electron chi connectivity index (χ4n) is 3.46. The lowest BCUT2D eigenvalue weighted by atomic mass is 10.1. The van der Waals surface area contributed by atoms with E-state index in [-0.39, 0.29) is 11.9 Å². The van der Waals surface area contributed by atoms with Crippen LogP contribution in [0.3, 0.4) is 0 Å².